The number of benzene rings is 1. The summed E-state index contributed by atoms with van der Waals surface area (Å²) in [5, 5.41) is 5.11. The van der Waals surface area contributed by atoms with Gasteiger partial charge in [-0.2, -0.15) is 0 Å². The molecule has 1 aromatic heterocycles. The van der Waals surface area contributed by atoms with Gasteiger partial charge in [-0.05, 0) is 24.6 Å². The van der Waals surface area contributed by atoms with Crippen molar-refractivity contribution in [1.29, 1.82) is 0 Å². The predicted octanol–water partition coefficient (Wildman–Crippen LogP) is 3.47. The monoisotopic (exact) mass is 326 g/mol. The lowest BCUT2D eigenvalue weighted by Gasteiger charge is -2.11. The van der Waals surface area contributed by atoms with Crippen LogP contribution in [0, 0.1) is 6.92 Å². The van der Waals surface area contributed by atoms with Gasteiger partial charge in [-0.3, -0.25) is 10.1 Å². The van der Waals surface area contributed by atoms with E-state index in [-0.39, 0.29) is 5.91 Å². The first-order chi connectivity index (χ1) is 8.61. The minimum atomic E-state index is -0.230. The summed E-state index contributed by atoms with van der Waals surface area (Å²) in [6.45, 7) is 1.89. The molecule has 0 saturated heterocycles. The summed E-state index contributed by atoms with van der Waals surface area (Å²) < 4.78 is 6.11. The zero-order valence-electron chi connectivity index (χ0n) is 9.86. The Morgan fingerprint density at radius 3 is 2.89 bits per heavy atom. The van der Waals surface area contributed by atoms with Gasteiger partial charge in [-0.1, -0.05) is 15.9 Å². The van der Waals surface area contributed by atoms with E-state index in [2.05, 4.69) is 26.2 Å². The van der Waals surface area contributed by atoms with Gasteiger partial charge in [0, 0.05) is 16.0 Å². The molecule has 1 heterocycles. The van der Waals surface area contributed by atoms with Crippen LogP contribution in [-0.2, 0) is 0 Å². The van der Waals surface area contributed by atoms with Crippen LogP contribution < -0.4 is 10.1 Å². The average molecular weight is 327 g/mol. The second-order valence-corrected chi connectivity index (χ2v) is 5.41. The van der Waals surface area contributed by atoms with Crippen LogP contribution in [0.3, 0.4) is 0 Å². The molecule has 0 bridgehead atoms. The van der Waals surface area contributed by atoms with E-state index in [1.54, 1.807) is 24.8 Å². The summed E-state index contributed by atoms with van der Waals surface area (Å²) in [7, 11) is 1.55. The third-order valence-electron chi connectivity index (χ3n) is 2.34. The molecule has 1 aromatic carbocycles. The van der Waals surface area contributed by atoms with Crippen molar-refractivity contribution in [3.8, 4) is 5.75 Å². The van der Waals surface area contributed by atoms with Gasteiger partial charge in [0.05, 0.1) is 12.7 Å². The van der Waals surface area contributed by atoms with Gasteiger partial charge < -0.3 is 4.74 Å². The van der Waals surface area contributed by atoms with Crippen LogP contribution in [0.4, 0.5) is 5.13 Å². The Balaban J connectivity index is 2.35. The quantitative estimate of drug-likeness (QED) is 0.939. The number of halogens is 1. The molecule has 2 aromatic rings. The first-order valence-electron chi connectivity index (χ1n) is 5.17. The second-order valence-electron chi connectivity index (χ2n) is 3.59. The van der Waals surface area contributed by atoms with Crippen LogP contribution in [-0.4, -0.2) is 18.0 Å². The standard InChI is InChI=1S/C12H11BrN2O2S/c1-7-5-8(13)6-9(10(7)17-2)11(16)15-12-14-3-4-18-12/h3-6H,1-2H3,(H,14,15,16). The van der Waals surface area contributed by atoms with E-state index in [4.69, 9.17) is 4.74 Å². The molecule has 0 radical (unpaired) electrons. The summed E-state index contributed by atoms with van der Waals surface area (Å²) in [5.41, 5.74) is 1.38. The van der Waals surface area contributed by atoms with Gasteiger partial charge in [0.2, 0.25) is 0 Å². The number of rotatable bonds is 3. The molecule has 0 atom stereocenters. The van der Waals surface area contributed by atoms with Crippen molar-refractivity contribution in [1.82, 2.24) is 4.98 Å². The molecule has 6 heteroatoms. The number of anilines is 1. The fourth-order valence-corrected chi connectivity index (χ4v) is 2.72. The average Bonchev–Trinajstić information content (AvgIpc) is 2.80. The Bertz CT molecular complexity index is 570. The molecule has 4 nitrogen and oxygen atoms in total. The first-order valence-corrected chi connectivity index (χ1v) is 6.84. The van der Waals surface area contributed by atoms with Crippen molar-refractivity contribution in [3.63, 3.8) is 0 Å². The fraction of sp³-hybridized carbons (Fsp3) is 0.167. The van der Waals surface area contributed by atoms with Crippen LogP contribution in [0.5, 0.6) is 5.75 Å². The van der Waals surface area contributed by atoms with E-state index >= 15 is 0 Å². The van der Waals surface area contributed by atoms with Crippen LogP contribution in [0.1, 0.15) is 15.9 Å². The molecule has 0 aliphatic rings. The van der Waals surface area contributed by atoms with E-state index in [1.165, 1.54) is 11.3 Å². The SMILES string of the molecule is COc1c(C)cc(Br)cc1C(=O)Nc1nccs1. The largest absolute Gasteiger partial charge is 0.496 e. The molecule has 94 valence electrons. The lowest BCUT2D eigenvalue weighted by Crippen LogP contribution is -2.13. The predicted molar refractivity (Wildman–Crippen MR) is 75.5 cm³/mol. The van der Waals surface area contributed by atoms with Crippen LogP contribution in [0.15, 0.2) is 28.2 Å². The minimum absolute atomic E-state index is 0.230. The lowest BCUT2D eigenvalue weighted by atomic mass is 10.1. The van der Waals surface area contributed by atoms with Crippen molar-refractivity contribution in [2.24, 2.45) is 0 Å². The maximum Gasteiger partial charge on any atom is 0.261 e. The molecule has 2 rings (SSSR count). The number of nitrogens with one attached hydrogen (secondary N) is 1. The highest BCUT2D eigenvalue weighted by molar-refractivity contribution is 9.10. The lowest BCUT2D eigenvalue weighted by molar-refractivity contribution is 0.102. The fourth-order valence-electron chi connectivity index (χ4n) is 1.62. The Kier molecular flexibility index (Phi) is 3.98. The van der Waals surface area contributed by atoms with Crippen molar-refractivity contribution in [3.05, 3.63) is 39.3 Å². The zero-order valence-corrected chi connectivity index (χ0v) is 12.3. The Morgan fingerprint density at radius 1 is 1.50 bits per heavy atom. The van der Waals surface area contributed by atoms with Gasteiger partial charge >= 0.3 is 0 Å². The third-order valence-corrected chi connectivity index (χ3v) is 3.49. The molecule has 0 saturated carbocycles. The number of carbonyl (C=O) groups is 1. The number of aromatic nitrogens is 1. The van der Waals surface area contributed by atoms with Gasteiger partial charge in [0.1, 0.15) is 5.75 Å². The molecule has 1 amide bonds. The van der Waals surface area contributed by atoms with Crippen LogP contribution >= 0.6 is 27.3 Å². The van der Waals surface area contributed by atoms with E-state index in [0.29, 0.717) is 16.4 Å². The minimum Gasteiger partial charge on any atom is -0.496 e. The van der Waals surface area contributed by atoms with Crippen molar-refractivity contribution in [2.75, 3.05) is 12.4 Å². The summed E-state index contributed by atoms with van der Waals surface area (Å²) in [6.07, 6.45) is 1.64. The maximum absolute atomic E-state index is 12.2. The molecule has 0 aliphatic carbocycles. The van der Waals surface area contributed by atoms with E-state index < -0.39 is 0 Å². The number of thiazole rings is 1. The van der Waals surface area contributed by atoms with E-state index in [0.717, 1.165) is 10.0 Å². The number of methoxy groups -OCH3 is 1. The van der Waals surface area contributed by atoms with Crippen molar-refractivity contribution in [2.45, 2.75) is 6.92 Å². The number of ether oxygens (including phenoxy) is 1. The molecular weight excluding hydrogens is 316 g/mol. The summed E-state index contributed by atoms with van der Waals surface area (Å²) in [6, 6.07) is 3.63. The van der Waals surface area contributed by atoms with Crippen molar-refractivity contribution >= 4 is 38.3 Å². The highest BCUT2D eigenvalue weighted by Crippen LogP contribution is 2.28. The smallest absolute Gasteiger partial charge is 0.261 e. The van der Waals surface area contributed by atoms with E-state index in [9.17, 15) is 4.79 Å². The number of nitrogens with zero attached hydrogens (tertiary/aromatic N) is 1. The topological polar surface area (TPSA) is 51.2 Å². The normalized spacial score (nSPS) is 10.2. The Hall–Kier alpha value is -1.40. The number of hydrogen-bond acceptors (Lipinski definition) is 4. The molecule has 1 N–H and O–H groups in total. The van der Waals surface area contributed by atoms with Crippen molar-refractivity contribution < 1.29 is 9.53 Å². The molecule has 18 heavy (non-hydrogen) atoms. The van der Waals surface area contributed by atoms with Gasteiger partial charge in [0.25, 0.3) is 5.91 Å². The number of aryl methyl sites for hydroxylation is 1. The number of hydrogen-bond donors (Lipinski definition) is 1. The molecule has 0 unspecified atom stereocenters. The first kappa shape index (κ1) is 13.0. The number of carbonyl (C=O) groups excluding carboxylic acids is 1. The highest BCUT2D eigenvalue weighted by atomic mass is 79.9. The molecular formula is C12H11BrN2O2S. The Morgan fingerprint density at radius 2 is 2.28 bits per heavy atom. The molecule has 0 spiro atoms. The highest BCUT2D eigenvalue weighted by Gasteiger charge is 2.16. The van der Waals surface area contributed by atoms with Gasteiger partial charge in [-0.15, -0.1) is 11.3 Å². The van der Waals surface area contributed by atoms with Gasteiger partial charge in [-0.25, -0.2) is 4.98 Å². The number of amides is 1. The van der Waals surface area contributed by atoms with Crippen LogP contribution in [0.2, 0.25) is 0 Å². The molecule has 0 fully saturated rings. The maximum atomic E-state index is 12.2. The molecule has 0 aliphatic heterocycles. The zero-order chi connectivity index (χ0) is 13.1. The third kappa shape index (κ3) is 2.70. The summed E-state index contributed by atoms with van der Waals surface area (Å²) >= 11 is 4.75. The second kappa shape index (κ2) is 5.49. The van der Waals surface area contributed by atoms with E-state index in [1.807, 2.05) is 13.0 Å². The van der Waals surface area contributed by atoms with Crippen LogP contribution in [0.25, 0.3) is 0 Å². The Labute approximate surface area is 117 Å². The summed E-state index contributed by atoms with van der Waals surface area (Å²) in [5.74, 6) is 0.346. The summed E-state index contributed by atoms with van der Waals surface area (Å²) in [4.78, 5) is 16.2. The van der Waals surface area contributed by atoms with Gasteiger partial charge in [0.15, 0.2) is 5.13 Å².